The second kappa shape index (κ2) is 4.93. The maximum Gasteiger partial charge on any atom is 0.417 e. The van der Waals surface area contributed by atoms with Crippen LogP contribution in [0.2, 0.25) is 5.02 Å². The Balaban J connectivity index is 2.48. The molecule has 1 aromatic carbocycles. The third kappa shape index (κ3) is 3.02. The predicted octanol–water partition coefficient (Wildman–Crippen LogP) is 1.61. The lowest BCUT2D eigenvalue weighted by Gasteiger charge is -2.28. The van der Waals surface area contributed by atoms with E-state index in [1.54, 1.807) is 0 Å². The van der Waals surface area contributed by atoms with Crippen LogP contribution in [0.15, 0.2) is 23.1 Å². The van der Waals surface area contributed by atoms with E-state index in [9.17, 15) is 21.6 Å². The van der Waals surface area contributed by atoms with Gasteiger partial charge in [0.25, 0.3) is 0 Å². The molecule has 106 valence electrons. The number of hydrogen-bond acceptors (Lipinski definition) is 3. The van der Waals surface area contributed by atoms with Crippen molar-refractivity contribution in [1.29, 1.82) is 0 Å². The highest BCUT2D eigenvalue weighted by atomic mass is 35.5. The Morgan fingerprint density at radius 3 is 2.42 bits per heavy atom. The molecule has 2 N–H and O–H groups in total. The SMILES string of the molecule is O=S(=O)(NC1CNC1)c1c(Cl)cccc1C(F)(F)F. The summed E-state index contributed by atoms with van der Waals surface area (Å²) in [6.07, 6.45) is -4.78. The van der Waals surface area contributed by atoms with Gasteiger partial charge in [0, 0.05) is 19.1 Å². The van der Waals surface area contributed by atoms with Gasteiger partial charge in [-0.25, -0.2) is 13.1 Å². The first-order chi connectivity index (χ1) is 8.72. The molecule has 0 aromatic heterocycles. The van der Waals surface area contributed by atoms with Gasteiger partial charge in [-0.05, 0) is 12.1 Å². The fourth-order valence-electron chi connectivity index (χ4n) is 1.66. The molecule has 1 aliphatic heterocycles. The highest BCUT2D eigenvalue weighted by Gasteiger charge is 2.39. The van der Waals surface area contributed by atoms with Crippen molar-refractivity contribution in [2.45, 2.75) is 17.1 Å². The maximum atomic E-state index is 12.8. The molecule has 2 rings (SSSR count). The second-order valence-electron chi connectivity index (χ2n) is 4.09. The number of sulfonamides is 1. The number of alkyl halides is 3. The van der Waals surface area contributed by atoms with E-state index in [0.29, 0.717) is 19.2 Å². The van der Waals surface area contributed by atoms with Crippen LogP contribution in [-0.2, 0) is 16.2 Å². The molecule has 0 aliphatic carbocycles. The van der Waals surface area contributed by atoms with E-state index >= 15 is 0 Å². The van der Waals surface area contributed by atoms with Crippen LogP contribution in [0.5, 0.6) is 0 Å². The Hall–Kier alpha value is -0.830. The van der Waals surface area contributed by atoms with Crippen LogP contribution in [0.3, 0.4) is 0 Å². The second-order valence-corrected chi connectivity index (χ2v) is 6.15. The largest absolute Gasteiger partial charge is 0.417 e. The summed E-state index contributed by atoms with van der Waals surface area (Å²) in [5, 5.41) is 2.36. The molecule has 0 atom stereocenters. The van der Waals surface area contributed by atoms with E-state index in [1.165, 1.54) is 0 Å². The third-order valence-electron chi connectivity index (χ3n) is 2.64. The first kappa shape index (κ1) is 14.6. The summed E-state index contributed by atoms with van der Waals surface area (Å²) in [5.74, 6) is 0. The van der Waals surface area contributed by atoms with Crippen molar-refractivity contribution in [1.82, 2.24) is 10.0 Å². The van der Waals surface area contributed by atoms with Gasteiger partial charge in [-0.3, -0.25) is 0 Å². The molecule has 0 unspecified atom stereocenters. The standard InChI is InChI=1S/C10H10ClF3N2O2S/c11-8-3-1-2-7(10(12,13)14)9(8)19(17,18)16-6-4-15-5-6/h1-3,6,15-16H,4-5H2. The molecular formula is C10H10ClF3N2O2S. The maximum absolute atomic E-state index is 12.8. The van der Waals surface area contributed by atoms with Crippen LogP contribution in [0.4, 0.5) is 13.2 Å². The van der Waals surface area contributed by atoms with Gasteiger partial charge < -0.3 is 5.32 Å². The average Bonchev–Trinajstić information content (AvgIpc) is 2.22. The van der Waals surface area contributed by atoms with Crippen molar-refractivity contribution >= 4 is 21.6 Å². The van der Waals surface area contributed by atoms with Crippen molar-refractivity contribution < 1.29 is 21.6 Å². The topological polar surface area (TPSA) is 58.2 Å². The minimum atomic E-state index is -4.78. The summed E-state index contributed by atoms with van der Waals surface area (Å²) in [6, 6.07) is 2.46. The van der Waals surface area contributed by atoms with E-state index in [4.69, 9.17) is 11.6 Å². The molecule has 0 bridgehead atoms. The minimum Gasteiger partial charge on any atom is -0.313 e. The molecule has 4 nitrogen and oxygen atoms in total. The Kier molecular flexibility index (Phi) is 3.78. The molecule has 1 aliphatic rings. The summed E-state index contributed by atoms with van der Waals surface area (Å²) in [7, 11) is -4.31. The summed E-state index contributed by atoms with van der Waals surface area (Å²) in [6.45, 7) is 0.760. The van der Waals surface area contributed by atoms with Crippen molar-refractivity contribution in [3.05, 3.63) is 28.8 Å². The van der Waals surface area contributed by atoms with Gasteiger partial charge in [-0.2, -0.15) is 13.2 Å². The first-order valence-electron chi connectivity index (χ1n) is 5.30. The summed E-state index contributed by atoms with van der Waals surface area (Å²) in [5.41, 5.74) is -1.26. The van der Waals surface area contributed by atoms with Crippen molar-refractivity contribution in [2.75, 3.05) is 13.1 Å². The Labute approximate surface area is 113 Å². The van der Waals surface area contributed by atoms with Crippen LogP contribution in [0.25, 0.3) is 0 Å². The molecule has 1 saturated heterocycles. The Morgan fingerprint density at radius 2 is 1.95 bits per heavy atom. The molecule has 19 heavy (non-hydrogen) atoms. The third-order valence-corrected chi connectivity index (χ3v) is 4.69. The quantitative estimate of drug-likeness (QED) is 0.891. The number of rotatable bonds is 3. The number of benzene rings is 1. The molecule has 9 heteroatoms. The van der Waals surface area contributed by atoms with Crippen LogP contribution < -0.4 is 10.0 Å². The number of halogens is 4. The zero-order valence-corrected chi connectivity index (χ0v) is 11.0. The molecule has 0 saturated carbocycles. The van der Waals surface area contributed by atoms with Crippen LogP contribution >= 0.6 is 11.6 Å². The minimum absolute atomic E-state index is 0.380. The van der Waals surface area contributed by atoms with E-state index in [-0.39, 0.29) is 0 Å². The van der Waals surface area contributed by atoms with Crippen LogP contribution in [0.1, 0.15) is 5.56 Å². The highest BCUT2D eigenvalue weighted by Crippen LogP contribution is 2.37. The zero-order valence-electron chi connectivity index (χ0n) is 9.46. The number of nitrogens with one attached hydrogen (secondary N) is 2. The smallest absolute Gasteiger partial charge is 0.313 e. The first-order valence-corrected chi connectivity index (χ1v) is 7.16. The molecule has 1 fully saturated rings. The van der Waals surface area contributed by atoms with Gasteiger partial charge in [0.1, 0.15) is 4.90 Å². The lowest BCUT2D eigenvalue weighted by molar-refractivity contribution is -0.139. The van der Waals surface area contributed by atoms with Crippen LogP contribution in [0, 0.1) is 0 Å². The van der Waals surface area contributed by atoms with Gasteiger partial charge in [0.2, 0.25) is 10.0 Å². The summed E-state index contributed by atoms with van der Waals surface area (Å²) < 4.78 is 64.7. The molecular weight excluding hydrogens is 305 g/mol. The van der Waals surface area contributed by atoms with Crippen molar-refractivity contribution in [3.63, 3.8) is 0 Å². The Bertz CT molecular complexity index is 585. The lowest BCUT2D eigenvalue weighted by atomic mass is 10.2. The normalized spacial score (nSPS) is 17.3. The van der Waals surface area contributed by atoms with Crippen molar-refractivity contribution in [2.24, 2.45) is 0 Å². The Morgan fingerprint density at radius 1 is 1.32 bits per heavy atom. The van der Waals surface area contributed by atoms with Gasteiger partial charge in [0.15, 0.2) is 0 Å². The summed E-state index contributed by atoms with van der Waals surface area (Å²) in [4.78, 5) is -0.920. The fourth-order valence-corrected chi connectivity index (χ4v) is 3.66. The molecule has 0 amide bonds. The fraction of sp³-hybridized carbons (Fsp3) is 0.400. The number of hydrogen-bond donors (Lipinski definition) is 2. The van der Waals surface area contributed by atoms with Gasteiger partial charge in [-0.1, -0.05) is 17.7 Å². The van der Waals surface area contributed by atoms with E-state index in [1.807, 2.05) is 0 Å². The monoisotopic (exact) mass is 314 g/mol. The van der Waals surface area contributed by atoms with Gasteiger partial charge >= 0.3 is 6.18 Å². The molecule has 1 heterocycles. The predicted molar refractivity (Wildman–Crippen MR) is 63.4 cm³/mol. The van der Waals surface area contributed by atoms with Gasteiger partial charge in [-0.15, -0.1) is 0 Å². The summed E-state index contributed by atoms with van der Waals surface area (Å²) >= 11 is 5.63. The van der Waals surface area contributed by atoms with Crippen LogP contribution in [-0.4, -0.2) is 27.5 Å². The zero-order chi connectivity index (χ0) is 14.3. The van der Waals surface area contributed by atoms with Crippen molar-refractivity contribution in [3.8, 4) is 0 Å². The van der Waals surface area contributed by atoms with E-state index < -0.39 is 37.7 Å². The highest BCUT2D eigenvalue weighted by molar-refractivity contribution is 7.89. The van der Waals surface area contributed by atoms with E-state index in [2.05, 4.69) is 10.0 Å². The molecule has 1 aromatic rings. The molecule has 0 spiro atoms. The lowest BCUT2D eigenvalue weighted by Crippen LogP contribution is -2.56. The van der Waals surface area contributed by atoms with Gasteiger partial charge in [0.05, 0.1) is 10.6 Å². The average molecular weight is 315 g/mol. The molecule has 0 radical (unpaired) electrons. The van der Waals surface area contributed by atoms with E-state index in [0.717, 1.165) is 12.1 Å².